The topological polar surface area (TPSA) is 134 Å². The molecule has 0 saturated heterocycles. The summed E-state index contributed by atoms with van der Waals surface area (Å²) in [5, 5.41) is 7.60. The number of ether oxygens (including phenoxy) is 2. The van der Waals surface area contributed by atoms with Crippen molar-refractivity contribution in [2.75, 3.05) is 18.9 Å². The smallest absolute Gasteiger partial charge is 0.240 e. The van der Waals surface area contributed by atoms with Gasteiger partial charge in [0.1, 0.15) is 17.0 Å². The van der Waals surface area contributed by atoms with E-state index in [1.807, 2.05) is 13.8 Å². The lowest BCUT2D eigenvalue weighted by Gasteiger charge is -2.23. The van der Waals surface area contributed by atoms with Crippen molar-refractivity contribution >= 4 is 27.6 Å². The number of hydrogen-bond acceptors (Lipinski definition) is 9. The first-order valence-electron chi connectivity index (χ1n) is 10.2. The Morgan fingerprint density at radius 1 is 1.15 bits per heavy atom. The largest absolute Gasteiger partial charge is 0.481 e. The second kappa shape index (κ2) is 10.4. The summed E-state index contributed by atoms with van der Waals surface area (Å²) in [4.78, 5) is 12.6. The summed E-state index contributed by atoms with van der Waals surface area (Å²) in [5.41, 5.74) is 0.505. The molecule has 3 rings (SSSR count). The number of methoxy groups -OCH3 is 2. The Kier molecular flexibility index (Phi) is 7.82. The van der Waals surface area contributed by atoms with E-state index in [2.05, 4.69) is 29.9 Å². The Morgan fingerprint density at radius 2 is 1.85 bits per heavy atom. The monoisotopic (exact) mass is 495 g/mol. The van der Waals surface area contributed by atoms with Crippen LogP contribution in [0.2, 0.25) is 5.02 Å². The Labute approximate surface area is 197 Å². The predicted octanol–water partition coefficient (Wildman–Crippen LogP) is 3.28. The first-order valence-corrected chi connectivity index (χ1v) is 12.1. The quantitative estimate of drug-likeness (QED) is 0.449. The van der Waals surface area contributed by atoms with Crippen LogP contribution in [0.5, 0.6) is 5.88 Å². The average Bonchev–Trinajstić information content (AvgIpc) is 3.23. The highest BCUT2D eigenvalue weighted by Crippen LogP contribution is 2.29. The maximum absolute atomic E-state index is 13.3. The van der Waals surface area contributed by atoms with Crippen molar-refractivity contribution in [3.63, 3.8) is 0 Å². The summed E-state index contributed by atoms with van der Waals surface area (Å²) in [6.07, 6.45) is 2.54. The van der Waals surface area contributed by atoms with Crippen LogP contribution < -0.4 is 9.46 Å². The van der Waals surface area contributed by atoms with Crippen LogP contribution in [0.25, 0.3) is 11.5 Å². The maximum Gasteiger partial charge on any atom is 0.240 e. The zero-order valence-corrected chi connectivity index (χ0v) is 20.5. The van der Waals surface area contributed by atoms with Crippen LogP contribution in [0.4, 0.5) is 5.95 Å². The lowest BCUT2D eigenvalue weighted by molar-refractivity contribution is 0.0950. The van der Waals surface area contributed by atoms with Crippen molar-refractivity contribution in [2.24, 2.45) is 0 Å². The Hall–Kier alpha value is -2.83. The molecule has 1 N–H and O–H groups in total. The molecule has 0 aliphatic rings. The molecule has 3 aromatic rings. The van der Waals surface area contributed by atoms with E-state index in [-0.39, 0.29) is 17.8 Å². The number of aromatic nitrogens is 6. The molecule has 2 unspecified atom stereocenters. The lowest BCUT2D eigenvalue weighted by Crippen LogP contribution is -2.33. The van der Waals surface area contributed by atoms with Crippen LogP contribution in [0.1, 0.15) is 45.2 Å². The third kappa shape index (κ3) is 5.40. The molecule has 0 aliphatic heterocycles. The minimum Gasteiger partial charge on any atom is -0.481 e. The molecular weight excluding hydrogens is 470 g/mol. The summed E-state index contributed by atoms with van der Waals surface area (Å²) in [7, 11) is -1.08. The van der Waals surface area contributed by atoms with Gasteiger partial charge in [0, 0.05) is 31.6 Å². The van der Waals surface area contributed by atoms with E-state index in [1.54, 1.807) is 22.8 Å². The van der Waals surface area contributed by atoms with E-state index >= 15 is 0 Å². The number of halogens is 1. The van der Waals surface area contributed by atoms with Gasteiger partial charge >= 0.3 is 0 Å². The minimum absolute atomic E-state index is 0.0719. The molecule has 0 fully saturated rings. The van der Waals surface area contributed by atoms with Crippen LogP contribution in [0.15, 0.2) is 30.6 Å². The van der Waals surface area contributed by atoms with Gasteiger partial charge in [-0.15, -0.1) is 10.2 Å². The summed E-state index contributed by atoms with van der Waals surface area (Å²) in [5.74, 6) is 1.10. The number of pyridine rings is 1. The first-order chi connectivity index (χ1) is 15.7. The van der Waals surface area contributed by atoms with Crippen molar-refractivity contribution in [3.05, 3.63) is 41.4 Å². The van der Waals surface area contributed by atoms with Crippen LogP contribution in [0.3, 0.4) is 0 Å². The second-order valence-electron chi connectivity index (χ2n) is 7.31. The number of nitrogens with zero attached hydrogens (tertiary/aromatic N) is 6. The molecule has 0 aliphatic carbocycles. The predicted molar refractivity (Wildman–Crippen MR) is 124 cm³/mol. The zero-order chi connectivity index (χ0) is 24.2. The van der Waals surface area contributed by atoms with Gasteiger partial charge in [-0.05, 0) is 26.3 Å². The molecule has 0 aromatic carbocycles. The van der Waals surface area contributed by atoms with Gasteiger partial charge in [0.25, 0.3) is 0 Å². The maximum atomic E-state index is 13.3. The van der Waals surface area contributed by atoms with Crippen molar-refractivity contribution in [1.29, 1.82) is 0 Å². The van der Waals surface area contributed by atoms with Crippen LogP contribution >= 0.6 is 11.6 Å². The number of sulfonamides is 1. The number of nitrogens with one attached hydrogen (secondary N) is 1. The van der Waals surface area contributed by atoms with Gasteiger partial charge in [0.15, 0.2) is 11.6 Å². The average molecular weight is 496 g/mol. The fourth-order valence-corrected chi connectivity index (χ4v) is 4.38. The number of hydrogen-bond donors (Lipinski definition) is 1. The van der Waals surface area contributed by atoms with E-state index in [4.69, 9.17) is 21.1 Å². The molecule has 3 atom stereocenters. The summed E-state index contributed by atoms with van der Waals surface area (Å²) >= 11 is 5.84. The van der Waals surface area contributed by atoms with E-state index in [0.29, 0.717) is 28.8 Å². The molecule has 33 heavy (non-hydrogen) atoms. The fourth-order valence-electron chi connectivity index (χ4n) is 3.15. The van der Waals surface area contributed by atoms with Gasteiger partial charge < -0.3 is 9.47 Å². The molecule has 0 spiro atoms. The minimum atomic E-state index is -3.99. The Bertz CT molecular complexity index is 1190. The van der Waals surface area contributed by atoms with Gasteiger partial charge in [-0.1, -0.05) is 24.6 Å². The Morgan fingerprint density at radius 3 is 2.45 bits per heavy atom. The summed E-state index contributed by atoms with van der Waals surface area (Å²) in [6.45, 7) is 5.42. The third-order valence-electron chi connectivity index (χ3n) is 5.19. The molecule has 178 valence electrons. The standard InChI is InChI=1S/C20H26ClN7O4S/c1-6-12(2)28-19(15-8-7-9-16(24-15)31-4)25-26-20(28)27-33(29,30)13(3)17(32-5)18-22-10-14(21)11-23-18/h7-13,17H,6H2,1-5H3,(H,26,27)/t12-,13?,17?/m0/s1. The molecule has 0 bridgehead atoms. The van der Waals surface area contributed by atoms with E-state index in [9.17, 15) is 8.42 Å². The first kappa shape index (κ1) is 24.8. The van der Waals surface area contributed by atoms with Crippen molar-refractivity contribution in [2.45, 2.75) is 44.6 Å². The zero-order valence-electron chi connectivity index (χ0n) is 18.9. The molecular formula is C20H26ClN7O4S. The highest BCUT2D eigenvalue weighted by atomic mass is 35.5. The van der Waals surface area contributed by atoms with E-state index in [1.165, 1.54) is 33.5 Å². The molecule has 3 aromatic heterocycles. The Balaban J connectivity index is 1.97. The molecule has 0 amide bonds. The van der Waals surface area contributed by atoms with Gasteiger partial charge in [0.05, 0.1) is 12.1 Å². The number of rotatable bonds is 10. The summed E-state index contributed by atoms with van der Waals surface area (Å²) in [6, 6.07) is 5.12. The van der Waals surface area contributed by atoms with Crippen LogP contribution in [0, 0.1) is 0 Å². The normalized spacial score (nSPS) is 14.5. The molecule has 11 nitrogen and oxygen atoms in total. The van der Waals surface area contributed by atoms with Crippen molar-refractivity contribution in [1.82, 2.24) is 29.7 Å². The lowest BCUT2D eigenvalue weighted by atomic mass is 10.2. The van der Waals surface area contributed by atoms with Crippen molar-refractivity contribution in [3.8, 4) is 17.4 Å². The molecule has 13 heteroatoms. The third-order valence-corrected chi connectivity index (χ3v) is 7.08. The van der Waals surface area contributed by atoms with Crippen LogP contribution in [-0.4, -0.2) is 57.6 Å². The molecule has 0 saturated carbocycles. The SMILES string of the molecule is CC[C@H](C)n1c(NS(=O)(=O)C(C)C(OC)c2ncc(Cl)cn2)nnc1-c1cccc(OC)n1. The van der Waals surface area contributed by atoms with Crippen molar-refractivity contribution < 1.29 is 17.9 Å². The van der Waals surface area contributed by atoms with E-state index < -0.39 is 21.4 Å². The molecule has 0 radical (unpaired) electrons. The fraction of sp³-hybridized carbons (Fsp3) is 0.450. The number of anilines is 1. The second-order valence-corrected chi connectivity index (χ2v) is 9.78. The highest BCUT2D eigenvalue weighted by molar-refractivity contribution is 7.93. The molecule has 3 heterocycles. The van der Waals surface area contributed by atoms with Gasteiger partial charge in [-0.3, -0.25) is 9.29 Å². The van der Waals surface area contributed by atoms with Gasteiger partial charge in [-0.2, -0.15) is 0 Å². The van der Waals surface area contributed by atoms with Gasteiger partial charge in [0.2, 0.25) is 21.9 Å². The van der Waals surface area contributed by atoms with Crippen LogP contribution in [-0.2, 0) is 14.8 Å². The highest BCUT2D eigenvalue weighted by Gasteiger charge is 2.34. The van der Waals surface area contributed by atoms with Gasteiger partial charge in [-0.25, -0.2) is 23.4 Å². The van der Waals surface area contributed by atoms with E-state index in [0.717, 1.165) is 0 Å². The summed E-state index contributed by atoms with van der Waals surface area (Å²) < 4.78 is 41.4.